The van der Waals surface area contributed by atoms with Crippen LogP contribution in [0, 0.1) is 0 Å². The quantitative estimate of drug-likeness (QED) is 0.0381. The molecule has 0 saturated carbocycles. The number of aromatic amines is 1. The summed E-state index contributed by atoms with van der Waals surface area (Å²) in [5, 5.41) is 14.3. The van der Waals surface area contributed by atoms with E-state index < -0.39 is 53.9 Å². The number of nitrogens with zero attached hydrogens (tertiary/aromatic N) is 1. The van der Waals surface area contributed by atoms with Crippen LogP contribution in [0.3, 0.4) is 0 Å². The number of H-pyrrole nitrogens is 1. The predicted octanol–water partition coefficient (Wildman–Crippen LogP) is 1.27. The van der Waals surface area contributed by atoms with Crippen LogP contribution in [-0.2, 0) is 60.7 Å². The van der Waals surface area contributed by atoms with Crippen LogP contribution in [0.5, 0.6) is 0 Å². The Bertz CT molecular complexity index is 2060. The first-order valence-electron chi connectivity index (χ1n) is 19.9. The number of rotatable bonds is 29. The van der Waals surface area contributed by atoms with E-state index >= 15 is 0 Å². The molecule has 0 radical (unpaired) electrons. The molecule has 1 aromatic heterocycles. The van der Waals surface area contributed by atoms with Crippen LogP contribution >= 0.6 is 0 Å². The average molecular weight is 861 g/mol. The molecule has 4 amide bonds. The van der Waals surface area contributed by atoms with E-state index in [2.05, 4.69) is 35.9 Å². The summed E-state index contributed by atoms with van der Waals surface area (Å²) in [6, 6.07) is 21.5. The molecule has 19 heteroatoms. The molecule has 0 fully saturated rings. The molecule has 332 valence electrons. The van der Waals surface area contributed by atoms with E-state index in [0.29, 0.717) is 38.6 Å². The fourth-order valence-electron chi connectivity index (χ4n) is 5.54. The molecule has 0 aliphatic carbocycles. The van der Waals surface area contributed by atoms with Crippen LogP contribution in [0.2, 0.25) is 0 Å². The van der Waals surface area contributed by atoms with Gasteiger partial charge in [0.15, 0.2) is 11.6 Å². The van der Waals surface area contributed by atoms with Crippen molar-refractivity contribution in [3.63, 3.8) is 0 Å². The summed E-state index contributed by atoms with van der Waals surface area (Å²) in [5.41, 5.74) is 2.25. The van der Waals surface area contributed by atoms with Gasteiger partial charge >= 0.3 is 11.7 Å². The van der Waals surface area contributed by atoms with Crippen LogP contribution in [0.15, 0.2) is 94.2 Å². The standard InChI is InChI=1S/C43H52N6O13/c1-30(50)28-60-25-24-59-23-22-58-21-20-57-19-18-45-41(54)35(26-31-8-4-2-5-9-31)47-42(55)36(27-38(52)61-29-32-10-6-3-7-11-32)46-37(51)16-17-44-40(53)34-14-12-33(13-15-34)39-48-43(56)62-49-39/h2-15,35-36H,16-29H2,1H3,(H,44,53)(H,45,54)(H,46,51)(H,47,55)(H,48,49,56)/t35-,36-/m0/s1. The topological polar surface area (TPSA) is 256 Å². The zero-order chi connectivity index (χ0) is 44.4. The molecule has 62 heavy (non-hydrogen) atoms. The summed E-state index contributed by atoms with van der Waals surface area (Å²) < 4.78 is 31.4. The maximum Gasteiger partial charge on any atom is 0.439 e. The summed E-state index contributed by atoms with van der Waals surface area (Å²) in [6.07, 6.45) is -0.698. The lowest BCUT2D eigenvalue weighted by molar-refractivity contribution is -0.147. The van der Waals surface area contributed by atoms with Gasteiger partial charge in [-0.15, -0.1) is 0 Å². The molecule has 0 spiro atoms. The molecule has 0 aliphatic rings. The summed E-state index contributed by atoms with van der Waals surface area (Å²) in [4.78, 5) is 90.8. The smallest absolute Gasteiger partial charge is 0.439 e. The largest absolute Gasteiger partial charge is 0.461 e. The van der Waals surface area contributed by atoms with Crippen molar-refractivity contribution in [2.24, 2.45) is 0 Å². The SMILES string of the molecule is CC(=O)COCCOCCOCCOCCNC(=O)[C@H](Cc1ccccc1)NC(=O)[C@H](CC(=O)OCc1ccccc1)NC(=O)CCNC(=O)c1ccc(-c2noc(=O)[nH]2)cc1. The van der Waals surface area contributed by atoms with Gasteiger partial charge in [-0.1, -0.05) is 78.0 Å². The Morgan fingerprint density at radius 2 is 1.29 bits per heavy atom. The highest BCUT2D eigenvalue weighted by Gasteiger charge is 2.29. The Labute approximate surface area is 357 Å². The van der Waals surface area contributed by atoms with Gasteiger partial charge in [-0.05, 0) is 30.2 Å². The molecular weight excluding hydrogens is 809 g/mol. The van der Waals surface area contributed by atoms with Crippen molar-refractivity contribution in [2.75, 3.05) is 65.9 Å². The molecule has 19 nitrogen and oxygen atoms in total. The number of aromatic nitrogens is 2. The van der Waals surface area contributed by atoms with Gasteiger partial charge in [-0.3, -0.25) is 38.3 Å². The summed E-state index contributed by atoms with van der Waals surface area (Å²) in [5.74, 6) is -3.81. The van der Waals surface area contributed by atoms with E-state index in [4.69, 9.17) is 23.7 Å². The second-order valence-corrected chi connectivity index (χ2v) is 13.6. The maximum absolute atomic E-state index is 13.8. The van der Waals surface area contributed by atoms with Crippen LogP contribution in [0.4, 0.5) is 0 Å². The summed E-state index contributed by atoms with van der Waals surface area (Å²) >= 11 is 0. The zero-order valence-electron chi connectivity index (χ0n) is 34.4. The number of benzene rings is 3. The van der Waals surface area contributed by atoms with Crippen molar-refractivity contribution in [3.8, 4) is 11.4 Å². The Hall–Kier alpha value is -6.54. The molecule has 5 N–H and O–H groups in total. The highest BCUT2D eigenvalue weighted by atomic mass is 16.6. The van der Waals surface area contributed by atoms with Crippen molar-refractivity contribution in [3.05, 3.63) is 112 Å². The van der Waals surface area contributed by atoms with Crippen LogP contribution in [-0.4, -0.2) is 124 Å². The van der Waals surface area contributed by atoms with Crippen molar-refractivity contribution >= 4 is 35.4 Å². The minimum atomic E-state index is -1.43. The van der Waals surface area contributed by atoms with E-state index in [1.54, 1.807) is 60.7 Å². The van der Waals surface area contributed by atoms with Gasteiger partial charge in [0, 0.05) is 37.1 Å². The molecular formula is C43H52N6O13. The first kappa shape index (κ1) is 48.1. The van der Waals surface area contributed by atoms with Crippen molar-refractivity contribution in [1.82, 2.24) is 31.4 Å². The van der Waals surface area contributed by atoms with E-state index in [1.807, 2.05) is 12.1 Å². The monoisotopic (exact) mass is 860 g/mol. The minimum Gasteiger partial charge on any atom is -0.461 e. The molecule has 2 atom stereocenters. The van der Waals surface area contributed by atoms with Crippen LogP contribution < -0.4 is 27.0 Å². The predicted molar refractivity (Wildman–Crippen MR) is 221 cm³/mol. The Morgan fingerprint density at radius 1 is 0.677 bits per heavy atom. The third kappa shape index (κ3) is 18.8. The Morgan fingerprint density at radius 3 is 1.90 bits per heavy atom. The Kier molecular flexibility index (Phi) is 21.2. The molecule has 1 heterocycles. The first-order chi connectivity index (χ1) is 30.1. The number of Topliss-reactive ketones (excluding diaryl/α,β-unsaturated/α-hetero) is 1. The third-order valence-electron chi connectivity index (χ3n) is 8.65. The fourth-order valence-corrected chi connectivity index (χ4v) is 5.54. The molecule has 4 aromatic rings. The third-order valence-corrected chi connectivity index (χ3v) is 8.65. The van der Waals surface area contributed by atoms with Crippen molar-refractivity contribution in [1.29, 1.82) is 0 Å². The van der Waals surface area contributed by atoms with Gasteiger partial charge in [0.2, 0.25) is 17.7 Å². The maximum atomic E-state index is 13.8. The number of esters is 1. The van der Waals surface area contributed by atoms with Crippen LogP contribution in [0.1, 0.15) is 41.3 Å². The number of hydrogen-bond donors (Lipinski definition) is 5. The lowest BCUT2D eigenvalue weighted by Crippen LogP contribution is -2.55. The van der Waals surface area contributed by atoms with Crippen molar-refractivity contribution < 1.29 is 57.0 Å². The minimum absolute atomic E-state index is 0.0542. The molecule has 4 rings (SSSR count). The van der Waals surface area contributed by atoms with Crippen LogP contribution in [0.25, 0.3) is 11.4 Å². The Balaban J connectivity index is 1.28. The number of amides is 4. The molecule has 0 aliphatic heterocycles. The number of hydrogen-bond acceptors (Lipinski definition) is 14. The number of nitrogens with one attached hydrogen (secondary N) is 5. The highest BCUT2D eigenvalue weighted by molar-refractivity contribution is 5.96. The lowest BCUT2D eigenvalue weighted by atomic mass is 10.0. The van der Waals surface area contributed by atoms with Gasteiger partial charge in [0.05, 0.1) is 52.7 Å². The highest BCUT2D eigenvalue weighted by Crippen LogP contribution is 2.14. The van der Waals surface area contributed by atoms with Gasteiger partial charge in [0.25, 0.3) is 5.91 Å². The second kappa shape index (κ2) is 27.3. The van der Waals surface area contributed by atoms with E-state index in [0.717, 1.165) is 11.1 Å². The van der Waals surface area contributed by atoms with Gasteiger partial charge < -0.3 is 45.0 Å². The first-order valence-corrected chi connectivity index (χ1v) is 19.9. The molecule has 0 bridgehead atoms. The summed E-state index contributed by atoms with van der Waals surface area (Å²) in [6.45, 7) is 3.49. The van der Waals surface area contributed by atoms with Gasteiger partial charge in [-0.2, -0.15) is 0 Å². The molecule has 3 aromatic carbocycles. The number of ketones is 1. The number of carbonyl (C=O) groups is 6. The molecule has 0 unspecified atom stereocenters. The van der Waals surface area contributed by atoms with Gasteiger partial charge in [0.1, 0.15) is 25.3 Å². The average Bonchev–Trinajstić information content (AvgIpc) is 3.71. The second-order valence-electron chi connectivity index (χ2n) is 13.6. The normalized spacial score (nSPS) is 11.8. The number of ether oxygens (including phenoxy) is 5. The van der Waals surface area contributed by atoms with E-state index in [1.165, 1.54) is 19.1 Å². The number of carbonyl (C=O) groups excluding carboxylic acids is 6. The molecule has 0 saturated heterocycles. The van der Waals surface area contributed by atoms with E-state index in [-0.39, 0.29) is 69.5 Å². The zero-order valence-corrected chi connectivity index (χ0v) is 34.4. The van der Waals surface area contributed by atoms with E-state index in [9.17, 15) is 33.6 Å². The fraction of sp³-hybridized carbons (Fsp3) is 0.395. The lowest BCUT2D eigenvalue weighted by Gasteiger charge is -2.23. The summed E-state index contributed by atoms with van der Waals surface area (Å²) in [7, 11) is 0. The van der Waals surface area contributed by atoms with Crippen molar-refractivity contribution in [2.45, 2.75) is 44.9 Å². The van der Waals surface area contributed by atoms with Gasteiger partial charge in [-0.25, -0.2) is 4.79 Å².